The fourth-order valence-electron chi connectivity index (χ4n) is 4.78. The highest BCUT2D eigenvalue weighted by molar-refractivity contribution is 5.80. The number of allylic oxidation sites excluding steroid dienone is 1. The van der Waals surface area contributed by atoms with Crippen LogP contribution in [0.1, 0.15) is 50.3 Å². The van der Waals surface area contributed by atoms with Crippen molar-refractivity contribution in [2.24, 2.45) is 0 Å². The van der Waals surface area contributed by atoms with Gasteiger partial charge in [-0.3, -0.25) is 4.90 Å². The van der Waals surface area contributed by atoms with Crippen LogP contribution < -0.4 is 0 Å². The first-order chi connectivity index (χ1) is 14.0. The molecule has 1 amide bonds. The summed E-state index contributed by atoms with van der Waals surface area (Å²) >= 11 is 0. The number of aromatic nitrogens is 2. The third-order valence-electron chi connectivity index (χ3n) is 6.16. The van der Waals surface area contributed by atoms with Gasteiger partial charge in [-0.25, -0.2) is 9.78 Å². The van der Waals surface area contributed by atoms with Crippen LogP contribution in [0.25, 0.3) is 16.6 Å². The van der Waals surface area contributed by atoms with E-state index in [-0.39, 0.29) is 18.2 Å². The van der Waals surface area contributed by atoms with Gasteiger partial charge in [-0.15, -0.1) is 0 Å². The second kappa shape index (κ2) is 6.76. The van der Waals surface area contributed by atoms with Crippen LogP contribution in [0, 0.1) is 0 Å². The lowest BCUT2D eigenvalue weighted by Gasteiger charge is -2.36. The number of H-pyrrole nitrogens is 1. The molecule has 29 heavy (non-hydrogen) atoms. The number of hydrogen-bond acceptors (Lipinski definition) is 3. The Hall–Kier alpha value is -3.08. The average molecular weight is 387 g/mol. The molecular weight excluding hydrogens is 362 g/mol. The van der Waals surface area contributed by atoms with E-state index in [9.17, 15) is 4.79 Å². The zero-order valence-corrected chi connectivity index (χ0v) is 16.8. The summed E-state index contributed by atoms with van der Waals surface area (Å²) in [7, 11) is 0. The largest absolute Gasteiger partial charge is 0.441 e. The predicted molar refractivity (Wildman–Crippen MR) is 113 cm³/mol. The van der Waals surface area contributed by atoms with Crippen molar-refractivity contribution in [1.29, 1.82) is 0 Å². The maximum absolute atomic E-state index is 12.8. The Kier molecular flexibility index (Phi) is 4.19. The van der Waals surface area contributed by atoms with E-state index in [1.165, 1.54) is 11.1 Å². The van der Waals surface area contributed by atoms with Crippen LogP contribution in [0.3, 0.4) is 0 Å². The minimum atomic E-state index is -0.550. The highest BCUT2D eigenvalue weighted by Gasteiger charge is 2.50. The lowest BCUT2D eigenvalue weighted by Crippen LogP contribution is -2.41. The molecule has 1 N–H and O–H groups in total. The topological polar surface area (TPSA) is 58.2 Å². The summed E-state index contributed by atoms with van der Waals surface area (Å²) in [4.78, 5) is 22.4. The number of carbonyl (C=O) groups is 1. The van der Waals surface area contributed by atoms with Gasteiger partial charge in [0.25, 0.3) is 0 Å². The van der Waals surface area contributed by atoms with E-state index < -0.39 is 5.60 Å². The number of carbonyl (C=O) groups excluding carboxylic acids is 1. The van der Waals surface area contributed by atoms with Crippen molar-refractivity contribution in [3.05, 3.63) is 72.1 Å². The summed E-state index contributed by atoms with van der Waals surface area (Å²) in [6.45, 7) is 4.01. The first kappa shape index (κ1) is 18.0. The fourth-order valence-corrected chi connectivity index (χ4v) is 4.78. The van der Waals surface area contributed by atoms with E-state index in [1.807, 2.05) is 55.4 Å². The molecule has 148 valence electrons. The molecule has 2 atom stereocenters. The Balaban J connectivity index is 1.42. The zero-order valence-electron chi connectivity index (χ0n) is 16.8. The molecule has 5 heteroatoms. The van der Waals surface area contributed by atoms with E-state index in [1.54, 1.807) is 0 Å². The molecule has 2 aliphatic rings. The van der Waals surface area contributed by atoms with Crippen LogP contribution in [0.2, 0.25) is 0 Å². The zero-order chi connectivity index (χ0) is 20.0. The molecular formula is C24H25N3O2. The van der Waals surface area contributed by atoms with Gasteiger partial charge >= 0.3 is 6.09 Å². The fraction of sp³-hybridized carbons (Fsp3) is 0.333. The molecule has 0 radical (unpaired) electrons. The molecule has 2 unspecified atom stereocenters. The number of nitrogens with zero attached hydrogens (tertiary/aromatic N) is 2. The van der Waals surface area contributed by atoms with E-state index in [0.717, 1.165) is 35.9 Å². The Labute approximate surface area is 170 Å². The first-order valence-electron chi connectivity index (χ1n) is 10.2. The standard InChI is InChI=1S/C24H25N3O2/c1-24(2)21(17-6-4-3-5-7-17)27(23(28)29-24)20-10-8-16(9-11-20)19-14-18-12-13-25-22(18)26-15-19/h3-8,12-15,20-21H,9-11H2,1-2H3,(H,25,26). The molecule has 3 aromatic rings. The number of hydrogen-bond donors (Lipinski definition) is 1. The molecule has 0 spiro atoms. The third kappa shape index (κ3) is 3.11. The van der Waals surface area contributed by atoms with Crippen molar-refractivity contribution < 1.29 is 9.53 Å². The van der Waals surface area contributed by atoms with Gasteiger partial charge in [0.15, 0.2) is 0 Å². The van der Waals surface area contributed by atoms with Gasteiger partial charge in [-0.05, 0) is 61.9 Å². The number of amides is 1. The van der Waals surface area contributed by atoms with Crippen LogP contribution in [0.5, 0.6) is 0 Å². The summed E-state index contributed by atoms with van der Waals surface area (Å²) in [5.41, 5.74) is 3.96. The quantitative estimate of drug-likeness (QED) is 0.648. The lowest BCUT2D eigenvalue weighted by molar-refractivity contribution is 0.0668. The molecule has 0 saturated carbocycles. The Morgan fingerprint density at radius 3 is 2.79 bits per heavy atom. The van der Waals surface area contributed by atoms with Gasteiger partial charge < -0.3 is 9.72 Å². The lowest BCUT2D eigenvalue weighted by atomic mass is 9.86. The van der Waals surface area contributed by atoms with Crippen LogP contribution in [-0.4, -0.2) is 32.6 Å². The number of ether oxygens (including phenoxy) is 1. The minimum absolute atomic E-state index is 0.0750. The van der Waals surface area contributed by atoms with Gasteiger partial charge in [0.2, 0.25) is 0 Å². The molecule has 2 aromatic heterocycles. The van der Waals surface area contributed by atoms with E-state index >= 15 is 0 Å². The SMILES string of the molecule is CC1(C)OC(=O)N(C2CC=C(c3cnc4[nH]ccc4c3)CC2)C1c1ccccc1. The van der Waals surface area contributed by atoms with Crippen molar-refractivity contribution in [2.75, 3.05) is 0 Å². The van der Waals surface area contributed by atoms with Crippen LogP contribution in [-0.2, 0) is 4.74 Å². The van der Waals surface area contributed by atoms with Gasteiger partial charge in [-0.2, -0.15) is 0 Å². The predicted octanol–water partition coefficient (Wildman–Crippen LogP) is 5.47. The molecule has 1 fully saturated rings. The number of fused-ring (bicyclic) bond motifs is 1. The first-order valence-corrected chi connectivity index (χ1v) is 10.2. The van der Waals surface area contributed by atoms with Crippen molar-refractivity contribution in [3.8, 4) is 0 Å². The summed E-state index contributed by atoms with van der Waals surface area (Å²) in [6, 6.07) is 14.5. The van der Waals surface area contributed by atoms with E-state index in [0.29, 0.717) is 0 Å². The Morgan fingerprint density at radius 1 is 1.21 bits per heavy atom. The number of rotatable bonds is 3. The number of aromatic amines is 1. The molecule has 1 aliphatic heterocycles. The highest BCUT2D eigenvalue weighted by Crippen LogP contribution is 2.44. The van der Waals surface area contributed by atoms with Crippen LogP contribution in [0.4, 0.5) is 4.79 Å². The van der Waals surface area contributed by atoms with Gasteiger partial charge in [0.05, 0.1) is 6.04 Å². The van der Waals surface area contributed by atoms with Crippen LogP contribution >= 0.6 is 0 Å². The summed E-state index contributed by atoms with van der Waals surface area (Å²) < 4.78 is 5.79. The van der Waals surface area contributed by atoms with Crippen molar-refractivity contribution in [2.45, 2.75) is 50.8 Å². The molecule has 0 bridgehead atoms. The van der Waals surface area contributed by atoms with E-state index in [2.05, 4.69) is 34.2 Å². The number of benzene rings is 1. The number of nitrogens with one attached hydrogen (secondary N) is 1. The van der Waals surface area contributed by atoms with Crippen molar-refractivity contribution in [3.63, 3.8) is 0 Å². The summed E-state index contributed by atoms with van der Waals surface area (Å²) in [5, 5.41) is 1.12. The van der Waals surface area contributed by atoms with Gasteiger partial charge in [-0.1, -0.05) is 36.4 Å². The smallest absolute Gasteiger partial charge is 0.411 e. The second-order valence-electron chi connectivity index (χ2n) is 8.49. The number of cyclic esters (lactones) is 1. The van der Waals surface area contributed by atoms with Gasteiger partial charge in [0.1, 0.15) is 11.2 Å². The third-order valence-corrected chi connectivity index (χ3v) is 6.16. The number of pyridine rings is 1. The molecule has 1 saturated heterocycles. The summed E-state index contributed by atoms with van der Waals surface area (Å²) in [5.74, 6) is 0. The van der Waals surface area contributed by atoms with Crippen LogP contribution in [0.15, 0.2) is 60.9 Å². The van der Waals surface area contributed by atoms with Crippen molar-refractivity contribution >= 4 is 22.7 Å². The minimum Gasteiger partial charge on any atom is -0.441 e. The molecule has 3 heterocycles. The maximum atomic E-state index is 12.8. The van der Waals surface area contributed by atoms with E-state index in [4.69, 9.17) is 4.74 Å². The Morgan fingerprint density at radius 2 is 2.03 bits per heavy atom. The molecule has 1 aromatic carbocycles. The van der Waals surface area contributed by atoms with Crippen molar-refractivity contribution in [1.82, 2.24) is 14.9 Å². The maximum Gasteiger partial charge on any atom is 0.411 e. The Bertz CT molecular complexity index is 1080. The van der Waals surface area contributed by atoms with Gasteiger partial charge in [0, 0.05) is 23.8 Å². The monoisotopic (exact) mass is 387 g/mol. The molecule has 5 rings (SSSR count). The average Bonchev–Trinajstić information content (AvgIpc) is 3.29. The summed E-state index contributed by atoms with van der Waals surface area (Å²) in [6.07, 6.45) is 8.59. The second-order valence-corrected chi connectivity index (χ2v) is 8.49. The molecule has 1 aliphatic carbocycles. The normalized spacial score (nSPS) is 23.9. The highest BCUT2D eigenvalue weighted by atomic mass is 16.6. The molecule has 5 nitrogen and oxygen atoms in total.